The van der Waals surface area contributed by atoms with Crippen molar-refractivity contribution in [1.82, 2.24) is 4.90 Å². The summed E-state index contributed by atoms with van der Waals surface area (Å²) in [5.41, 5.74) is 4.75. The third kappa shape index (κ3) is 3.10. The van der Waals surface area contributed by atoms with Crippen LogP contribution in [0.5, 0.6) is 0 Å². The first kappa shape index (κ1) is 18.0. The molecule has 0 aliphatic carbocycles. The van der Waals surface area contributed by atoms with Gasteiger partial charge in [-0.1, -0.05) is 40.2 Å². The van der Waals surface area contributed by atoms with Crippen LogP contribution < -0.4 is 4.90 Å². The Morgan fingerprint density at radius 2 is 1.63 bits per heavy atom. The van der Waals surface area contributed by atoms with Gasteiger partial charge in [0.15, 0.2) is 0 Å². The zero-order valence-corrected chi connectivity index (χ0v) is 17.0. The van der Waals surface area contributed by atoms with E-state index in [9.17, 15) is 9.59 Å². The van der Waals surface area contributed by atoms with E-state index in [1.807, 2.05) is 44.2 Å². The summed E-state index contributed by atoms with van der Waals surface area (Å²) in [6.45, 7) is 5.70. The van der Waals surface area contributed by atoms with Gasteiger partial charge in [-0.3, -0.25) is 9.59 Å². The zero-order chi connectivity index (χ0) is 19.1. The summed E-state index contributed by atoms with van der Waals surface area (Å²) in [5.74, 6) is -0.475. The van der Waals surface area contributed by atoms with Gasteiger partial charge in [0.05, 0.1) is 11.3 Å². The molecule has 0 aromatic heterocycles. The van der Waals surface area contributed by atoms with Crippen molar-refractivity contribution in [2.24, 2.45) is 0 Å². The Balaban J connectivity index is 1.86. The number of hydrogen-bond donors (Lipinski definition) is 0. The number of rotatable bonds is 3. The predicted molar refractivity (Wildman–Crippen MR) is 110 cm³/mol. The van der Waals surface area contributed by atoms with Gasteiger partial charge in [-0.15, -0.1) is 0 Å². The molecular weight excluding hydrogens is 404 g/mol. The third-order valence-electron chi connectivity index (χ3n) is 5.34. The first-order valence-corrected chi connectivity index (χ1v) is 9.98. The molecule has 2 aromatic carbocycles. The van der Waals surface area contributed by atoms with Crippen LogP contribution in [-0.2, 0) is 9.59 Å². The van der Waals surface area contributed by atoms with Gasteiger partial charge in [0.2, 0.25) is 0 Å². The Morgan fingerprint density at radius 1 is 0.889 bits per heavy atom. The molecule has 1 fully saturated rings. The summed E-state index contributed by atoms with van der Waals surface area (Å²) in [6.07, 6.45) is 2.09. The molecule has 0 atom stereocenters. The second kappa shape index (κ2) is 6.97. The Morgan fingerprint density at radius 3 is 2.30 bits per heavy atom. The molecule has 27 heavy (non-hydrogen) atoms. The highest BCUT2D eigenvalue weighted by atomic mass is 79.9. The minimum Gasteiger partial charge on any atom is -0.366 e. The summed E-state index contributed by atoms with van der Waals surface area (Å²) in [7, 11) is 0. The fourth-order valence-corrected chi connectivity index (χ4v) is 4.15. The monoisotopic (exact) mass is 424 g/mol. The highest BCUT2D eigenvalue weighted by Gasteiger charge is 2.43. The smallest absolute Gasteiger partial charge is 0.282 e. The number of likely N-dealkylation sites (tertiary alicyclic amines) is 1. The highest BCUT2D eigenvalue weighted by molar-refractivity contribution is 9.10. The number of nitrogens with zero attached hydrogens (tertiary/aromatic N) is 2. The fourth-order valence-electron chi connectivity index (χ4n) is 3.76. The molecule has 4 rings (SSSR count). The molecule has 2 aliphatic heterocycles. The van der Waals surface area contributed by atoms with Crippen LogP contribution in [0, 0.1) is 13.8 Å². The van der Waals surface area contributed by atoms with E-state index in [2.05, 4.69) is 20.8 Å². The second-order valence-electron chi connectivity index (χ2n) is 7.14. The van der Waals surface area contributed by atoms with Crippen LogP contribution in [0.4, 0.5) is 5.69 Å². The average Bonchev–Trinajstić information content (AvgIpc) is 3.24. The van der Waals surface area contributed by atoms with E-state index in [0.29, 0.717) is 17.0 Å². The lowest BCUT2D eigenvalue weighted by Crippen LogP contribution is -2.34. The number of benzene rings is 2. The van der Waals surface area contributed by atoms with Crippen LogP contribution in [0.3, 0.4) is 0 Å². The lowest BCUT2D eigenvalue weighted by Gasteiger charge is -2.20. The molecule has 138 valence electrons. The van der Waals surface area contributed by atoms with Gasteiger partial charge < -0.3 is 4.90 Å². The number of halogens is 1. The van der Waals surface area contributed by atoms with E-state index < -0.39 is 0 Å². The van der Waals surface area contributed by atoms with Gasteiger partial charge in [0.1, 0.15) is 5.70 Å². The van der Waals surface area contributed by atoms with Crippen LogP contribution in [0.15, 0.2) is 52.6 Å². The van der Waals surface area contributed by atoms with Gasteiger partial charge in [-0.2, -0.15) is 0 Å². The minimum absolute atomic E-state index is 0.228. The van der Waals surface area contributed by atoms with E-state index >= 15 is 0 Å². The van der Waals surface area contributed by atoms with Crippen LogP contribution in [0.2, 0.25) is 0 Å². The van der Waals surface area contributed by atoms with Crippen LogP contribution in [0.1, 0.15) is 29.5 Å². The number of carbonyl (C=O) groups is 2. The maximum Gasteiger partial charge on any atom is 0.282 e. The van der Waals surface area contributed by atoms with E-state index in [1.165, 1.54) is 10.5 Å². The Kier molecular flexibility index (Phi) is 4.64. The summed E-state index contributed by atoms with van der Waals surface area (Å²) in [6, 6.07) is 13.3. The molecule has 0 radical (unpaired) electrons. The van der Waals surface area contributed by atoms with Gasteiger partial charge in [-0.25, -0.2) is 4.90 Å². The molecule has 2 aliphatic rings. The maximum absolute atomic E-state index is 13.4. The number of anilines is 1. The maximum atomic E-state index is 13.4. The van der Waals surface area contributed by atoms with Crippen molar-refractivity contribution in [3.63, 3.8) is 0 Å². The fraction of sp³-hybridized carbons (Fsp3) is 0.273. The van der Waals surface area contributed by atoms with Crippen molar-refractivity contribution in [2.75, 3.05) is 18.0 Å². The molecule has 2 amide bonds. The molecule has 0 spiro atoms. The highest BCUT2D eigenvalue weighted by Crippen LogP contribution is 2.37. The Bertz CT molecular complexity index is 974. The van der Waals surface area contributed by atoms with E-state index in [0.717, 1.165) is 41.5 Å². The lowest BCUT2D eigenvalue weighted by atomic mass is 9.99. The van der Waals surface area contributed by atoms with Crippen molar-refractivity contribution >= 4 is 39.0 Å². The molecular formula is C22H21BrN2O2. The molecule has 4 nitrogen and oxygen atoms in total. The molecule has 5 heteroatoms. The summed E-state index contributed by atoms with van der Waals surface area (Å²) in [4.78, 5) is 30.1. The second-order valence-corrected chi connectivity index (χ2v) is 8.06. The molecule has 1 saturated heterocycles. The van der Waals surface area contributed by atoms with E-state index in [-0.39, 0.29) is 11.8 Å². The third-order valence-corrected chi connectivity index (χ3v) is 5.84. The van der Waals surface area contributed by atoms with Gasteiger partial charge >= 0.3 is 0 Å². The Labute approximate surface area is 167 Å². The van der Waals surface area contributed by atoms with Crippen molar-refractivity contribution in [1.29, 1.82) is 0 Å². The van der Waals surface area contributed by atoms with Gasteiger partial charge in [-0.05, 0) is 61.6 Å². The van der Waals surface area contributed by atoms with Crippen molar-refractivity contribution in [2.45, 2.75) is 26.7 Å². The molecule has 0 saturated carbocycles. The van der Waals surface area contributed by atoms with E-state index in [1.54, 1.807) is 12.1 Å². The topological polar surface area (TPSA) is 40.6 Å². The number of amides is 2. The Hall–Kier alpha value is -2.40. The largest absolute Gasteiger partial charge is 0.366 e. The van der Waals surface area contributed by atoms with Gasteiger partial charge in [0.25, 0.3) is 11.8 Å². The normalized spacial score (nSPS) is 17.4. The molecule has 2 aromatic rings. The molecule has 0 unspecified atom stereocenters. The summed E-state index contributed by atoms with van der Waals surface area (Å²) >= 11 is 3.43. The van der Waals surface area contributed by atoms with Crippen molar-refractivity contribution < 1.29 is 9.59 Å². The molecule has 0 N–H and O–H groups in total. The minimum atomic E-state index is -0.247. The standard InChI is InChI=1S/C22H21BrN2O2/c1-14-8-9-16(12-15(14)2)19-20(24-10-3-4-11-24)22(27)25(21(19)26)18-7-5-6-17(23)13-18/h5-9,12-13H,3-4,10-11H2,1-2H3. The lowest BCUT2D eigenvalue weighted by molar-refractivity contribution is -0.120. The zero-order valence-electron chi connectivity index (χ0n) is 15.5. The average molecular weight is 425 g/mol. The first-order valence-electron chi connectivity index (χ1n) is 9.18. The number of hydrogen-bond acceptors (Lipinski definition) is 3. The predicted octanol–water partition coefficient (Wildman–Crippen LogP) is 4.45. The van der Waals surface area contributed by atoms with Crippen molar-refractivity contribution in [3.8, 4) is 0 Å². The van der Waals surface area contributed by atoms with Crippen LogP contribution in [-0.4, -0.2) is 29.8 Å². The van der Waals surface area contributed by atoms with Crippen molar-refractivity contribution in [3.05, 3.63) is 69.3 Å². The number of imide groups is 1. The summed E-state index contributed by atoms with van der Waals surface area (Å²) in [5, 5.41) is 0. The number of aryl methyl sites for hydroxylation is 2. The first-order chi connectivity index (χ1) is 13.0. The van der Waals surface area contributed by atoms with Crippen LogP contribution in [0.25, 0.3) is 5.57 Å². The quantitative estimate of drug-likeness (QED) is 0.683. The number of carbonyl (C=O) groups excluding carboxylic acids is 2. The molecule has 2 heterocycles. The van der Waals surface area contributed by atoms with Gasteiger partial charge in [0, 0.05) is 17.6 Å². The van der Waals surface area contributed by atoms with Crippen LogP contribution >= 0.6 is 15.9 Å². The SMILES string of the molecule is Cc1ccc(C2=C(N3CCCC3)C(=O)N(c3cccc(Br)c3)C2=O)cc1C. The summed E-state index contributed by atoms with van der Waals surface area (Å²) < 4.78 is 0.836. The molecule has 0 bridgehead atoms. The van der Waals surface area contributed by atoms with E-state index in [4.69, 9.17) is 0 Å².